The molecule has 1 rings (SSSR count). The molecular weight excluding hydrogens is 282 g/mol. The maximum atomic E-state index is 10.1. The van der Waals surface area contributed by atoms with E-state index >= 15 is 0 Å². The number of aliphatic hydroxyl groups is 1. The van der Waals surface area contributed by atoms with Gasteiger partial charge in [-0.1, -0.05) is 13.8 Å². The summed E-state index contributed by atoms with van der Waals surface area (Å²) >= 11 is 0. The topological polar surface area (TPSA) is 73.9 Å². The number of hydrogen-bond acceptors (Lipinski definition) is 5. The van der Waals surface area contributed by atoms with E-state index in [4.69, 9.17) is 19.9 Å². The van der Waals surface area contributed by atoms with Crippen LogP contribution in [0.5, 0.6) is 17.2 Å². The summed E-state index contributed by atoms with van der Waals surface area (Å²) < 4.78 is 15.8. The van der Waals surface area contributed by atoms with Crippen molar-refractivity contribution in [3.63, 3.8) is 0 Å². The number of nitrogens with two attached hydrogens (primary N) is 1. The Morgan fingerprint density at radius 1 is 1.00 bits per heavy atom. The van der Waals surface area contributed by atoms with Crippen molar-refractivity contribution in [2.24, 2.45) is 11.7 Å². The van der Waals surface area contributed by atoms with Gasteiger partial charge in [-0.15, -0.1) is 12.4 Å². The zero-order valence-electron chi connectivity index (χ0n) is 12.5. The van der Waals surface area contributed by atoms with Gasteiger partial charge in [0.2, 0.25) is 5.75 Å². The van der Waals surface area contributed by atoms with Crippen molar-refractivity contribution in [1.82, 2.24) is 0 Å². The number of aliphatic hydroxyl groups excluding tert-OH is 1. The Morgan fingerprint density at radius 3 is 1.75 bits per heavy atom. The van der Waals surface area contributed by atoms with Crippen LogP contribution in [0.1, 0.15) is 25.5 Å². The molecule has 0 unspecified atom stereocenters. The van der Waals surface area contributed by atoms with Gasteiger partial charge < -0.3 is 25.1 Å². The minimum Gasteiger partial charge on any atom is -0.493 e. The zero-order valence-corrected chi connectivity index (χ0v) is 13.4. The Balaban J connectivity index is 0.00000361. The normalized spacial score (nSPS) is 13.4. The lowest BCUT2D eigenvalue weighted by molar-refractivity contribution is 0.0977. The fourth-order valence-electron chi connectivity index (χ4n) is 1.91. The van der Waals surface area contributed by atoms with E-state index in [1.165, 1.54) is 0 Å². The van der Waals surface area contributed by atoms with Gasteiger partial charge in [-0.2, -0.15) is 0 Å². The van der Waals surface area contributed by atoms with E-state index in [-0.39, 0.29) is 18.3 Å². The summed E-state index contributed by atoms with van der Waals surface area (Å²) in [6.45, 7) is 3.84. The lowest BCUT2D eigenvalue weighted by Gasteiger charge is -2.24. The first kappa shape index (κ1) is 18.8. The molecule has 2 atom stereocenters. The summed E-state index contributed by atoms with van der Waals surface area (Å²) in [6.07, 6.45) is -0.636. The van der Waals surface area contributed by atoms with E-state index < -0.39 is 12.1 Å². The van der Waals surface area contributed by atoms with Crippen LogP contribution in [0.25, 0.3) is 0 Å². The van der Waals surface area contributed by atoms with Gasteiger partial charge in [-0.3, -0.25) is 0 Å². The van der Waals surface area contributed by atoms with E-state index in [0.717, 1.165) is 5.56 Å². The number of hydrogen-bond donors (Lipinski definition) is 2. The van der Waals surface area contributed by atoms with Crippen molar-refractivity contribution in [3.05, 3.63) is 17.7 Å². The van der Waals surface area contributed by atoms with E-state index in [9.17, 15) is 5.11 Å². The molecule has 20 heavy (non-hydrogen) atoms. The van der Waals surface area contributed by atoms with E-state index in [1.807, 2.05) is 13.8 Å². The molecule has 116 valence electrons. The molecule has 0 aliphatic heterocycles. The number of rotatable bonds is 6. The van der Waals surface area contributed by atoms with Crippen molar-refractivity contribution in [3.8, 4) is 17.2 Å². The molecule has 5 nitrogen and oxygen atoms in total. The molecule has 0 aliphatic rings. The molecule has 0 saturated heterocycles. The first-order valence-electron chi connectivity index (χ1n) is 6.19. The van der Waals surface area contributed by atoms with Crippen molar-refractivity contribution < 1.29 is 19.3 Å². The van der Waals surface area contributed by atoms with Crippen LogP contribution in [-0.4, -0.2) is 32.5 Å². The molecule has 1 aromatic carbocycles. The van der Waals surface area contributed by atoms with Crippen molar-refractivity contribution in [2.75, 3.05) is 21.3 Å². The van der Waals surface area contributed by atoms with Crippen LogP contribution in [0.15, 0.2) is 12.1 Å². The van der Waals surface area contributed by atoms with E-state index in [1.54, 1.807) is 33.5 Å². The largest absolute Gasteiger partial charge is 0.493 e. The predicted molar refractivity (Wildman–Crippen MR) is 81.1 cm³/mol. The first-order chi connectivity index (χ1) is 8.96. The van der Waals surface area contributed by atoms with Gasteiger partial charge in [-0.05, 0) is 23.6 Å². The second kappa shape index (κ2) is 8.19. The lowest BCUT2D eigenvalue weighted by Crippen LogP contribution is -2.30. The Kier molecular flexibility index (Phi) is 7.71. The van der Waals surface area contributed by atoms with Gasteiger partial charge in [0.05, 0.1) is 33.5 Å². The summed E-state index contributed by atoms with van der Waals surface area (Å²) in [5.41, 5.74) is 6.82. The van der Waals surface area contributed by atoms with Crippen molar-refractivity contribution >= 4 is 12.4 Å². The van der Waals surface area contributed by atoms with Gasteiger partial charge in [0, 0.05) is 0 Å². The second-order valence-corrected chi connectivity index (χ2v) is 4.72. The summed E-state index contributed by atoms with van der Waals surface area (Å²) in [4.78, 5) is 0. The van der Waals surface area contributed by atoms with Crippen molar-refractivity contribution in [1.29, 1.82) is 0 Å². The molecular formula is C14H24ClNO4. The standard InChI is InChI=1S/C14H23NO4.ClH/c1-8(2)13(16)12(15)9-6-10(17-3)14(19-5)11(7-9)18-4;/h6-8,12-13,16H,15H2,1-5H3;1H/t12-,13+;/m1./s1. The third-order valence-corrected chi connectivity index (χ3v) is 3.12. The Labute approximate surface area is 126 Å². The molecule has 0 radical (unpaired) electrons. The van der Waals surface area contributed by atoms with Gasteiger partial charge in [0.1, 0.15) is 0 Å². The molecule has 0 amide bonds. The fraction of sp³-hybridized carbons (Fsp3) is 0.571. The third kappa shape index (κ3) is 3.91. The molecule has 0 bridgehead atoms. The zero-order chi connectivity index (χ0) is 14.6. The second-order valence-electron chi connectivity index (χ2n) is 4.72. The molecule has 3 N–H and O–H groups in total. The predicted octanol–water partition coefficient (Wildman–Crippen LogP) is 2.15. The third-order valence-electron chi connectivity index (χ3n) is 3.12. The van der Waals surface area contributed by atoms with Gasteiger partial charge in [0.25, 0.3) is 0 Å². The van der Waals surface area contributed by atoms with E-state index in [0.29, 0.717) is 17.2 Å². The number of halogens is 1. The lowest BCUT2D eigenvalue weighted by atomic mass is 9.94. The summed E-state index contributed by atoms with van der Waals surface area (Å²) in [6, 6.07) is 3.02. The van der Waals surface area contributed by atoms with Crippen molar-refractivity contribution in [2.45, 2.75) is 26.0 Å². The minimum atomic E-state index is -0.636. The molecule has 0 saturated carbocycles. The minimum absolute atomic E-state index is 0. The van der Waals surface area contributed by atoms with Crippen LogP contribution in [0.4, 0.5) is 0 Å². The quantitative estimate of drug-likeness (QED) is 0.842. The highest BCUT2D eigenvalue weighted by Gasteiger charge is 2.23. The summed E-state index contributed by atoms with van der Waals surface area (Å²) in [7, 11) is 4.64. The molecule has 0 spiro atoms. The van der Waals surface area contributed by atoms with Gasteiger partial charge in [0.15, 0.2) is 11.5 Å². The Bertz CT molecular complexity index is 401. The SMILES string of the molecule is COc1cc([C@@H](N)[C@@H](O)C(C)C)cc(OC)c1OC.Cl. The highest BCUT2D eigenvalue weighted by molar-refractivity contribution is 5.85. The summed E-state index contributed by atoms with van der Waals surface area (Å²) in [5, 5.41) is 10.1. The van der Waals surface area contributed by atoms with Crippen LogP contribution in [0.3, 0.4) is 0 Å². The monoisotopic (exact) mass is 305 g/mol. The molecule has 6 heteroatoms. The highest BCUT2D eigenvalue weighted by Crippen LogP contribution is 2.40. The molecule has 0 aliphatic carbocycles. The maximum Gasteiger partial charge on any atom is 0.203 e. The summed E-state index contributed by atoms with van der Waals surface area (Å²) in [5.74, 6) is 1.64. The average Bonchev–Trinajstić information content (AvgIpc) is 2.43. The Hall–Kier alpha value is -1.17. The molecule has 0 heterocycles. The Morgan fingerprint density at radius 2 is 1.45 bits per heavy atom. The van der Waals surface area contributed by atoms with Gasteiger partial charge >= 0.3 is 0 Å². The van der Waals surface area contributed by atoms with Crippen LogP contribution in [0, 0.1) is 5.92 Å². The average molecular weight is 306 g/mol. The van der Waals surface area contributed by atoms with Crippen LogP contribution in [0.2, 0.25) is 0 Å². The first-order valence-corrected chi connectivity index (χ1v) is 6.19. The van der Waals surface area contributed by atoms with Crippen LogP contribution in [-0.2, 0) is 0 Å². The van der Waals surface area contributed by atoms with Crippen LogP contribution < -0.4 is 19.9 Å². The number of benzene rings is 1. The highest BCUT2D eigenvalue weighted by atomic mass is 35.5. The molecule has 1 aromatic rings. The fourth-order valence-corrected chi connectivity index (χ4v) is 1.91. The molecule has 0 aromatic heterocycles. The number of methoxy groups -OCH3 is 3. The maximum absolute atomic E-state index is 10.1. The number of ether oxygens (including phenoxy) is 3. The molecule has 0 fully saturated rings. The van der Waals surface area contributed by atoms with E-state index in [2.05, 4.69) is 0 Å². The smallest absolute Gasteiger partial charge is 0.203 e. The van der Waals surface area contributed by atoms with Crippen LogP contribution >= 0.6 is 12.4 Å². The van der Waals surface area contributed by atoms with Gasteiger partial charge in [-0.25, -0.2) is 0 Å².